The van der Waals surface area contributed by atoms with E-state index < -0.39 is 10.0 Å². The van der Waals surface area contributed by atoms with Gasteiger partial charge in [0.15, 0.2) is 0 Å². The van der Waals surface area contributed by atoms with Gasteiger partial charge >= 0.3 is 0 Å². The highest BCUT2D eigenvalue weighted by Crippen LogP contribution is 2.25. The van der Waals surface area contributed by atoms with Crippen molar-refractivity contribution in [1.29, 1.82) is 0 Å². The van der Waals surface area contributed by atoms with E-state index in [1.165, 1.54) is 16.5 Å². The van der Waals surface area contributed by atoms with E-state index in [-0.39, 0.29) is 4.90 Å². The Morgan fingerprint density at radius 3 is 2.67 bits per heavy atom. The SMILES string of the molecule is CCNS(=O)(=O)c1ccc(N)c(NCc2sccc2C)c1. The summed E-state index contributed by atoms with van der Waals surface area (Å²) in [7, 11) is -3.47. The quantitative estimate of drug-likeness (QED) is 0.713. The van der Waals surface area contributed by atoms with Crippen molar-refractivity contribution < 1.29 is 8.42 Å². The van der Waals surface area contributed by atoms with Gasteiger partial charge in [0.1, 0.15) is 0 Å². The normalized spacial score (nSPS) is 11.5. The van der Waals surface area contributed by atoms with E-state index in [4.69, 9.17) is 5.73 Å². The highest BCUT2D eigenvalue weighted by Gasteiger charge is 2.14. The summed E-state index contributed by atoms with van der Waals surface area (Å²) in [5.74, 6) is 0. The van der Waals surface area contributed by atoms with Crippen LogP contribution in [0.5, 0.6) is 0 Å². The summed E-state index contributed by atoms with van der Waals surface area (Å²) in [5, 5.41) is 5.23. The number of hydrogen-bond donors (Lipinski definition) is 3. The zero-order valence-corrected chi connectivity index (χ0v) is 13.6. The largest absolute Gasteiger partial charge is 0.397 e. The number of nitrogens with one attached hydrogen (secondary N) is 2. The van der Waals surface area contributed by atoms with Crippen molar-refractivity contribution in [2.45, 2.75) is 25.3 Å². The Hall–Kier alpha value is -1.57. The van der Waals surface area contributed by atoms with Crippen molar-refractivity contribution in [2.75, 3.05) is 17.6 Å². The van der Waals surface area contributed by atoms with E-state index in [1.54, 1.807) is 30.4 Å². The first kappa shape index (κ1) is 15.8. The Morgan fingerprint density at radius 2 is 2.05 bits per heavy atom. The van der Waals surface area contributed by atoms with Gasteiger partial charge in [0.25, 0.3) is 0 Å². The highest BCUT2D eigenvalue weighted by molar-refractivity contribution is 7.89. The molecule has 0 bridgehead atoms. The lowest BCUT2D eigenvalue weighted by atomic mass is 10.2. The van der Waals surface area contributed by atoms with Gasteiger partial charge in [-0.05, 0) is 42.1 Å². The number of benzene rings is 1. The first-order chi connectivity index (χ1) is 9.94. The molecule has 0 aliphatic heterocycles. The smallest absolute Gasteiger partial charge is 0.240 e. The van der Waals surface area contributed by atoms with Crippen LogP contribution in [0.3, 0.4) is 0 Å². The van der Waals surface area contributed by atoms with Crippen LogP contribution < -0.4 is 15.8 Å². The van der Waals surface area contributed by atoms with Gasteiger partial charge in [0, 0.05) is 18.0 Å². The molecule has 0 spiro atoms. The molecule has 0 saturated carbocycles. The molecule has 2 aromatic rings. The molecular formula is C14H19N3O2S2. The molecule has 114 valence electrons. The lowest BCUT2D eigenvalue weighted by Crippen LogP contribution is -2.23. The van der Waals surface area contributed by atoms with E-state index in [1.807, 2.05) is 12.3 Å². The fourth-order valence-electron chi connectivity index (χ4n) is 1.89. The molecule has 0 aliphatic carbocycles. The topological polar surface area (TPSA) is 84.2 Å². The van der Waals surface area contributed by atoms with Crippen molar-refractivity contribution in [1.82, 2.24) is 4.72 Å². The average Bonchev–Trinajstić information content (AvgIpc) is 2.83. The Kier molecular flexibility index (Phi) is 4.87. The molecule has 7 heteroatoms. The molecule has 1 heterocycles. The second kappa shape index (κ2) is 6.46. The van der Waals surface area contributed by atoms with Crippen LogP contribution in [0.1, 0.15) is 17.4 Å². The van der Waals surface area contributed by atoms with Crippen LogP contribution in [0.4, 0.5) is 11.4 Å². The second-order valence-corrected chi connectivity index (χ2v) is 7.40. The van der Waals surface area contributed by atoms with Gasteiger partial charge in [-0.1, -0.05) is 6.92 Å². The molecule has 21 heavy (non-hydrogen) atoms. The number of rotatable bonds is 6. The van der Waals surface area contributed by atoms with Crippen molar-refractivity contribution in [3.8, 4) is 0 Å². The minimum atomic E-state index is -3.47. The van der Waals surface area contributed by atoms with E-state index in [2.05, 4.69) is 16.1 Å². The fraction of sp³-hybridized carbons (Fsp3) is 0.286. The zero-order valence-electron chi connectivity index (χ0n) is 12.0. The van der Waals surface area contributed by atoms with Crippen LogP contribution in [-0.4, -0.2) is 15.0 Å². The highest BCUT2D eigenvalue weighted by atomic mass is 32.2. The molecule has 4 N–H and O–H groups in total. The third-order valence-electron chi connectivity index (χ3n) is 3.08. The molecule has 0 atom stereocenters. The van der Waals surface area contributed by atoms with Crippen LogP contribution in [0.25, 0.3) is 0 Å². The Balaban J connectivity index is 2.22. The minimum Gasteiger partial charge on any atom is -0.397 e. The summed E-state index contributed by atoms with van der Waals surface area (Å²) < 4.78 is 26.5. The van der Waals surface area contributed by atoms with E-state index in [0.717, 1.165) is 0 Å². The maximum absolute atomic E-state index is 12.0. The average molecular weight is 325 g/mol. The minimum absolute atomic E-state index is 0.212. The number of nitrogen functional groups attached to an aromatic ring is 1. The van der Waals surface area contributed by atoms with Gasteiger partial charge in [0.05, 0.1) is 16.3 Å². The van der Waals surface area contributed by atoms with Crippen LogP contribution >= 0.6 is 11.3 Å². The first-order valence-electron chi connectivity index (χ1n) is 6.60. The van der Waals surface area contributed by atoms with E-state index in [0.29, 0.717) is 24.5 Å². The van der Waals surface area contributed by atoms with Gasteiger partial charge in [-0.2, -0.15) is 0 Å². The summed E-state index contributed by atoms with van der Waals surface area (Å²) in [4.78, 5) is 1.42. The predicted molar refractivity (Wildman–Crippen MR) is 88.1 cm³/mol. The monoisotopic (exact) mass is 325 g/mol. The molecule has 0 unspecified atom stereocenters. The zero-order chi connectivity index (χ0) is 15.5. The summed E-state index contributed by atoms with van der Waals surface area (Å²) >= 11 is 1.66. The number of aryl methyl sites for hydroxylation is 1. The second-order valence-electron chi connectivity index (χ2n) is 4.63. The van der Waals surface area contributed by atoms with Gasteiger partial charge < -0.3 is 11.1 Å². The molecule has 1 aromatic carbocycles. The van der Waals surface area contributed by atoms with Gasteiger partial charge in [-0.3, -0.25) is 0 Å². The fourth-order valence-corrected chi connectivity index (χ4v) is 3.80. The van der Waals surface area contributed by atoms with Crippen LogP contribution in [-0.2, 0) is 16.6 Å². The van der Waals surface area contributed by atoms with Crippen LogP contribution in [0.2, 0.25) is 0 Å². The number of anilines is 2. The molecule has 5 nitrogen and oxygen atoms in total. The Labute approximate surface area is 129 Å². The van der Waals surface area contributed by atoms with Crippen molar-refractivity contribution >= 4 is 32.7 Å². The maximum Gasteiger partial charge on any atom is 0.240 e. The Bertz CT molecular complexity index is 724. The molecule has 0 fully saturated rings. The third kappa shape index (κ3) is 3.75. The summed E-state index contributed by atoms with van der Waals surface area (Å²) in [6, 6.07) is 6.73. The Morgan fingerprint density at radius 1 is 1.29 bits per heavy atom. The molecule has 1 aromatic heterocycles. The molecule has 0 saturated heterocycles. The van der Waals surface area contributed by atoms with Crippen LogP contribution in [0.15, 0.2) is 34.5 Å². The predicted octanol–water partition coefficient (Wildman–Crippen LogP) is 2.55. The van der Waals surface area contributed by atoms with E-state index >= 15 is 0 Å². The number of hydrogen-bond acceptors (Lipinski definition) is 5. The number of sulfonamides is 1. The summed E-state index contributed by atoms with van der Waals surface area (Å²) in [5.41, 5.74) is 8.27. The lowest BCUT2D eigenvalue weighted by Gasteiger charge is -2.12. The molecule has 0 aliphatic rings. The molecular weight excluding hydrogens is 306 g/mol. The van der Waals surface area contributed by atoms with Crippen molar-refractivity contribution in [2.24, 2.45) is 0 Å². The first-order valence-corrected chi connectivity index (χ1v) is 8.96. The number of nitrogens with two attached hydrogens (primary N) is 1. The van der Waals surface area contributed by atoms with Gasteiger partial charge in [-0.25, -0.2) is 13.1 Å². The standard InChI is InChI=1S/C14H19N3O2S2/c1-3-17-21(18,19)11-4-5-12(15)13(8-11)16-9-14-10(2)6-7-20-14/h4-8,16-17H,3,9,15H2,1-2H3. The van der Waals surface area contributed by atoms with Crippen LogP contribution in [0, 0.1) is 6.92 Å². The molecule has 0 amide bonds. The van der Waals surface area contributed by atoms with Crippen molar-refractivity contribution in [3.63, 3.8) is 0 Å². The molecule has 2 rings (SSSR count). The molecule has 0 radical (unpaired) electrons. The summed E-state index contributed by atoms with van der Waals surface area (Å²) in [6.07, 6.45) is 0. The van der Waals surface area contributed by atoms with Gasteiger partial charge in [-0.15, -0.1) is 11.3 Å². The van der Waals surface area contributed by atoms with Crippen molar-refractivity contribution in [3.05, 3.63) is 40.1 Å². The summed E-state index contributed by atoms with van der Waals surface area (Å²) in [6.45, 7) is 4.76. The number of thiophene rings is 1. The van der Waals surface area contributed by atoms with E-state index in [9.17, 15) is 8.42 Å². The lowest BCUT2D eigenvalue weighted by molar-refractivity contribution is 0.584. The van der Waals surface area contributed by atoms with Gasteiger partial charge in [0.2, 0.25) is 10.0 Å². The maximum atomic E-state index is 12.0. The third-order valence-corrected chi connectivity index (χ3v) is 5.64.